The second-order valence-electron chi connectivity index (χ2n) is 2.94. The summed E-state index contributed by atoms with van der Waals surface area (Å²) in [6.07, 6.45) is 1.89. The van der Waals surface area contributed by atoms with Crippen molar-refractivity contribution in [2.75, 3.05) is 6.54 Å². The highest BCUT2D eigenvalue weighted by Crippen LogP contribution is 2.23. The molecule has 0 fully saturated rings. The van der Waals surface area contributed by atoms with Gasteiger partial charge in [0.1, 0.15) is 0 Å². The molecule has 0 heterocycles. The van der Waals surface area contributed by atoms with Gasteiger partial charge >= 0.3 is 0 Å². The number of hydrogen-bond acceptors (Lipinski definition) is 1. The molecule has 0 aromatic heterocycles. The lowest BCUT2D eigenvalue weighted by Gasteiger charge is -2.14. The molecule has 1 aromatic rings. The monoisotopic (exact) mass is 321 g/mol. The van der Waals surface area contributed by atoms with Crippen molar-refractivity contribution >= 4 is 34.2 Å². The standard InChI is InChI=1S/C11H13ClIN/c1-3-11(14-4-2)8-5-6-10(13)9(12)7-8/h3,5-7,11,14H,1,4H2,2H3. The highest BCUT2D eigenvalue weighted by atomic mass is 127. The summed E-state index contributed by atoms with van der Waals surface area (Å²) in [7, 11) is 0. The maximum Gasteiger partial charge on any atom is 0.0542 e. The van der Waals surface area contributed by atoms with E-state index in [1.54, 1.807) is 0 Å². The minimum absolute atomic E-state index is 0.189. The zero-order chi connectivity index (χ0) is 10.6. The summed E-state index contributed by atoms with van der Waals surface area (Å²) in [5.74, 6) is 0. The van der Waals surface area contributed by atoms with Gasteiger partial charge in [-0.05, 0) is 46.8 Å². The van der Waals surface area contributed by atoms with E-state index in [0.717, 1.165) is 20.7 Å². The van der Waals surface area contributed by atoms with E-state index in [1.165, 1.54) is 0 Å². The van der Waals surface area contributed by atoms with Crippen LogP contribution in [0.25, 0.3) is 0 Å². The van der Waals surface area contributed by atoms with Gasteiger partial charge < -0.3 is 5.32 Å². The first-order valence-corrected chi connectivity index (χ1v) is 5.95. The first kappa shape index (κ1) is 12.0. The Labute approximate surface area is 104 Å². The minimum atomic E-state index is 0.189. The fraction of sp³-hybridized carbons (Fsp3) is 0.273. The highest BCUT2D eigenvalue weighted by molar-refractivity contribution is 14.1. The third kappa shape index (κ3) is 2.97. The normalized spacial score (nSPS) is 12.5. The van der Waals surface area contributed by atoms with Gasteiger partial charge in [-0.1, -0.05) is 30.7 Å². The Morgan fingerprint density at radius 2 is 2.36 bits per heavy atom. The molecule has 1 unspecified atom stereocenters. The zero-order valence-corrected chi connectivity index (χ0v) is 11.0. The molecule has 0 aliphatic rings. The van der Waals surface area contributed by atoms with Crippen LogP contribution in [0.1, 0.15) is 18.5 Å². The fourth-order valence-corrected chi connectivity index (χ4v) is 1.79. The molecule has 0 aliphatic carbocycles. The largest absolute Gasteiger partial charge is 0.307 e. The van der Waals surface area contributed by atoms with Crippen LogP contribution in [0, 0.1) is 3.57 Å². The van der Waals surface area contributed by atoms with Crippen molar-refractivity contribution in [3.05, 3.63) is 45.0 Å². The molecule has 0 saturated carbocycles. The smallest absolute Gasteiger partial charge is 0.0542 e. The third-order valence-corrected chi connectivity index (χ3v) is 3.53. The molecule has 1 N–H and O–H groups in total. The molecule has 0 spiro atoms. The van der Waals surface area contributed by atoms with E-state index < -0.39 is 0 Å². The van der Waals surface area contributed by atoms with Crippen LogP contribution in [-0.4, -0.2) is 6.54 Å². The third-order valence-electron chi connectivity index (χ3n) is 1.96. The van der Waals surface area contributed by atoms with E-state index in [2.05, 4.69) is 47.5 Å². The highest BCUT2D eigenvalue weighted by Gasteiger charge is 2.07. The Kier molecular flexibility index (Phi) is 4.92. The maximum atomic E-state index is 6.05. The number of rotatable bonds is 4. The van der Waals surface area contributed by atoms with Crippen LogP contribution >= 0.6 is 34.2 Å². The number of benzene rings is 1. The van der Waals surface area contributed by atoms with Crippen LogP contribution < -0.4 is 5.32 Å². The Balaban J connectivity index is 2.93. The fourth-order valence-electron chi connectivity index (χ4n) is 1.26. The van der Waals surface area contributed by atoms with Gasteiger partial charge in [-0.15, -0.1) is 6.58 Å². The van der Waals surface area contributed by atoms with E-state index >= 15 is 0 Å². The molecule has 0 amide bonds. The van der Waals surface area contributed by atoms with Crippen molar-refractivity contribution in [1.82, 2.24) is 5.32 Å². The Hall–Kier alpha value is -0.0600. The van der Waals surface area contributed by atoms with Crippen LogP contribution in [0.3, 0.4) is 0 Å². The predicted octanol–water partition coefficient (Wildman–Crippen LogP) is 3.78. The minimum Gasteiger partial charge on any atom is -0.307 e. The quantitative estimate of drug-likeness (QED) is 0.657. The zero-order valence-electron chi connectivity index (χ0n) is 8.06. The number of hydrogen-bond donors (Lipinski definition) is 1. The molecule has 0 radical (unpaired) electrons. The second-order valence-corrected chi connectivity index (χ2v) is 4.51. The lowest BCUT2D eigenvalue weighted by Crippen LogP contribution is -2.18. The average molecular weight is 322 g/mol. The summed E-state index contributed by atoms with van der Waals surface area (Å²) in [5, 5.41) is 4.12. The van der Waals surface area contributed by atoms with Gasteiger partial charge in [0.2, 0.25) is 0 Å². The van der Waals surface area contributed by atoms with Crippen LogP contribution in [0.4, 0.5) is 0 Å². The summed E-state index contributed by atoms with van der Waals surface area (Å²) in [4.78, 5) is 0. The SMILES string of the molecule is C=CC(NCC)c1ccc(I)c(Cl)c1. The first-order valence-electron chi connectivity index (χ1n) is 4.50. The van der Waals surface area contributed by atoms with Crippen LogP contribution in [0.2, 0.25) is 5.02 Å². The molecule has 0 saturated heterocycles. The number of halogens is 2. The summed E-state index contributed by atoms with van der Waals surface area (Å²) in [6, 6.07) is 6.27. The molecule has 3 heteroatoms. The summed E-state index contributed by atoms with van der Waals surface area (Å²) in [6.45, 7) is 6.79. The van der Waals surface area contributed by atoms with E-state index in [1.807, 2.05) is 18.2 Å². The molecule has 1 rings (SSSR count). The van der Waals surface area contributed by atoms with E-state index in [0.29, 0.717) is 0 Å². The summed E-state index contributed by atoms with van der Waals surface area (Å²) < 4.78 is 1.08. The number of likely N-dealkylation sites (N-methyl/N-ethyl adjacent to an activating group) is 1. The molecule has 1 nitrogen and oxygen atoms in total. The summed E-state index contributed by atoms with van der Waals surface area (Å²) in [5.41, 5.74) is 1.16. The van der Waals surface area contributed by atoms with Crippen molar-refractivity contribution in [3.8, 4) is 0 Å². The molecule has 0 bridgehead atoms. The molecule has 14 heavy (non-hydrogen) atoms. The van der Waals surface area contributed by atoms with Crippen LogP contribution in [0.15, 0.2) is 30.9 Å². The summed E-state index contributed by atoms with van der Waals surface area (Å²) >= 11 is 8.27. The second kappa shape index (κ2) is 5.73. The van der Waals surface area contributed by atoms with Gasteiger partial charge in [0, 0.05) is 3.57 Å². The van der Waals surface area contributed by atoms with Gasteiger partial charge in [0.05, 0.1) is 11.1 Å². The lowest BCUT2D eigenvalue weighted by atomic mass is 10.1. The van der Waals surface area contributed by atoms with Crippen molar-refractivity contribution in [3.63, 3.8) is 0 Å². The molecule has 1 aromatic carbocycles. The van der Waals surface area contributed by atoms with Gasteiger partial charge in [-0.25, -0.2) is 0 Å². The topological polar surface area (TPSA) is 12.0 Å². The van der Waals surface area contributed by atoms with Crippen LogP contribution in [-0.2, 0) is 0 Å². The van der Waals surface area contributed by atoms with Gasteiger partial charge in [-0.3, -0.25) is 0 Å². The molecular weight excluding hydrogens is 308 g/mol. The molecular formula is C11H13ClIN. The number of nitrogens with one attached hydrogen (secondary N) is 1. The van der Waals surface area contributed by atoms with E-state index in [9.17, 15) is 0 Å². The van der Waals surface area contributed by atoms with E-state index in [4.69, 9.17) is 11.6 Å². The van der Waals surface area contributed by atoms with Crippen LogP contribution in [0.5, 0.6) is 0 Å². The molecule has 76 valence electrons. The Morgan fingerprint density at radius 3 is 2.86 bits per heavy atom. The lowest BCUT2D eigenvalue weighted by molar-refractivity contribution is 0.649. The van der Waals surface area contributed by atoms with E-state index in [-0.39, 0.29) is 6.04 Å². The van der Waals surface area contributed by atoms with Crippen molar-refractivity contribution < 1.29 is 0 Å². The molecule has 0 aliphatic heterocycles. The molecule has 1 atom stereocenters. The van der Waals surface area contributed by atoms with Crippen molar-refractivity contribution in [1.29, 1.82) is 0 Å². The average Bonchev–Trinajstić information content (AvgIpc) is 2.19. The van der Waals surface area contributed by atoms with Crippen molar-refractivity contribution in [2.45, 2.75) is 13.0 Å². The predicted molar refractivity (Wildman–Crippen MR) is 70.8 cm³/mol. The van der Waals surface area contributed by atoms with Gasteiger partial charge in [-0.2, -0.15) is 0 Å². The van der Waals surface area contributed by atoms with Gasteiger partial charge in [0.15, 0.2) is 0 Å². The van der Waals surface area contributed by atoms with Crippen molar-refractivity contribution in [2.24, 2.45) is 0 Å². The Bertz CT molecular complexity index is 325. The first-order chi connectivity index (χ1) is 6.69. The maximum absolute atomic E-state index is 6.05. The Morgan fingerprint density at radius 1 is 1.64 bits per heavy atom. The van der Waals surface area contributed by atoms with Gasteiger partial charge in [0.25, 0.3) is 0 Å².